The predicted octanol–water partition coefficient (Wildman–Crippen LogP) is 2.26. The van der Waals surface area contributed by atoms with Gasteiger partial charge >= 0.3 is 0 Å². The molecule has 0 aliphatic carbocycles. The van der Waals surface area contributed by atoms with Gasteiger partial charge in [0.15, 0.2) is 0 Å². The Morgan fingerprint density at radius 3 is 1.40 bits per heavy atom. The summed E-state index contributed by atoms with van der Waals surface area (Å²) in [5.74, 6) is 0. The fraction of sp³-hybridized carbons (Fsp3) is 1.00. The summed E-state index contributed by atoms with van der Waals surface area (Å²) in [5.41, 5.74) is -0.368. The van der Waals surface area contributed by atoms with E-state index >= 15 is 0 Å². The second-order valence-corrected chi connectivity index (χ2v) is 4.02. The van der Waals surface area contributed by atoms with Crippen LogP contribution in [-0.2, 0) is 9.78 Å². The monoisotopic (exact) mass is 272 g/mol. The Labute approximate surface area is 77.4 Å². The second kappa shape index (κ2) is 2.73. The molecule has 1 heterocycles. The molecular formula is C6H10Br2O2. The average Bonchev–Trinajstić information content (AvgIpc) is 1.99. The van der Waals surface area contributed by atoms with Crippen molar-refractivity contribution in [2.75, 3.05) is 10.7 Å². The van der Waals surface area contributed by atoms with E-state index in [1.54, 1.807) is 0 Å². The molecule has 1 rings (SSSR count). The van der Waals surface area contributed by atoms with Crippen molar-refractivity contribution < 1.29 is 9.78 Å². The van der Waals surface area contributed by atoms with E-state index in [9.17, 15) is 0 Å². The standard InChI is InChI=1S/C6H10Br2O2/c1-5(3-7)6(2,4-8)10-9-5/h3-4H2,1-2H3. The van der Waals surface area contributed by atoms with Gasteiger partial charge in [0.2, 0.25) is 0 Å². The van der Waals surface area contributed by atoms with E-state index in [-0.39, 0.29) is 11.2 Å². The predicted molar refractivity (Wildman–Crippen MR) is 46.6 cm³/mol. The topological polar surface area (TPSA) is 18.5 Å². The molecule has 4 heteroatoms. The van der Waals surface area contributed by atoms with Crippen LogP contribution in [-0.4, -0.2) is 21.9 Å². The third-order valence-corrected chi connectivity index (χ3v) is 4.18. The van der Waals surface area contributed by atoms with Gasteiger partial charge in [0.25, 0.3) is 0 Å². The minimum Gasteiger partial charge on any atom is -0.226 e. The van der Waals surface area contributed by atoms with Gasteiger partial charge in [0.05, 0.1) is 0 Å². The van der Waals surface area contributed by atoms with Gasteiger partial charge in [-0.2, -0.15) is 0 Å². The molecule has 2 atom stereocenters. The molecule has 0 N–H and O–H groups in total. The highest BCUT2D eigenvalue weighted by Gasteiger charge is 2.56. The first kappa shape index (κ1) is 8.97. The van der Waals surface area contributed by atoms with E-state index < -0.39 is 0 Å². The number of halogens is 2. The maximum atomic E-state index is 5.00. The second-order valence-electron chi connectivity index (χ2n) is 2.90. The summed E-state index contributed by atoms with van der Waals surface area (Å²) in [7, 11) is 0. The Hall–Kier alpha value is 0.880. The Morgan fingerprint density at radius 1 is 1.00 bits per heavy atom. The van der Waals surface area contributed by atoms with Gasteiger partial charge in [0, 0.05) is 10.7 Å². The van der Waals surface area contributed by atoms with Crippen LogP contribution < -0.4 is 0 Å². The number of hydrogen-bond donors (Lipinski definition) is 0. The first-order valence-electron chi connectivity index (χ1n) is 3.07. The highest BCUT2D eigenvalue weighted by atomic mass is 79.9. The van der Waals surface area contributed by atoms with Crippen LogP contribution in [0, 0.1) is 0 Å². The summed E-state index contributed by atoms with van der Waals surface area (Å²) in [5, 5.41) is 1.59. The van der Waals surface area contributed by atoms with Crippen molar-refractivity contribution >= 4 is 31.9 Å². The van der Waals surface area contributed by atoms with E-state index in [0.29, 0.717) is 0 Å². The molecule has 0 spiro atoms. The number of alkyl halides is 2. The zero-order valence-corrected chi connectivity index (χ0v) is 9.16. The van der Waals surface area contributed by atoms with Crippen LogP contribution >= 0.6 is 31.9 Å². The molecule has 0 aromatic heterocycles. The Bertz CT molecular complexity index is 118. The maximum absolute atomic E-state index is 5.00. The van der Waals surface area contributed by atoms with Crippen LogP contribution in [0.3, 0.4) is 0 Å². The summed E-state index contributed by atoms with van der Waals surface area (Å²) in [6.07, 6.45) is 0. The molecule has 1 aliphatic rings. The van der Waals surface area contributed by atoms with Gasteiger partial charge in [-0.05, 0) is 13.8 Å². The van der Waals surface area contributed by atoms with Crippen molar-refractivity contribution in [3.63, 3.8) is 0 Å². The van der Waals surface area contributed by atoms with Crippen LogP contribution in [0.4, 0.5) is 0 Å². The van der Waals surface area contributed by atoms with Gasteiger partial charge in [0.1, 0.15) is 11.2 Å². The third kappa shape index (κ3) is 1.05. The van der Waals surface area contributed by atoms with Crippen molar-refractivity contribution in [2.24, 2.45) is 0 Å². The lowest BCUT2D eigenvalue weighted by molar-refractivity contribution is -0.531. The zero-order chi connectivity index (χ0) is 7.83. The Morgan fingerprint density at radius 2 is 1.30 bits per heavy atom. The normalized spacial score (nSPS) is 46.8. The van der Waals surface area contributed by atoms with Gasteiger partial charge in [-0.25, -0.2) is 9.78 Å². The molecule has 0 bridgehead atoms. The molecule has 60 valence electrons. The lowest BCUT2D eigenvalue weighted by Crippen LogP contribution is -2.65. The molecule has 0 amide bonds. The average molecular weight is 274 g/mol. The molecule has 0 saturated carbocycles. The van der Waals surface area contributed by atoms with Crippen LogP contribution in [0.25, 0.3) is 0 Å². The van der Waals surface area contributed by atoms with Crippen molar-refractivity contribution in [3.8, 4) is 0 Å². The molecule has 0 aromatic carbocycles. The number of hydrogen-bond acceptors (Lipinski definition) is 2. The summed E-state index contributed by atoms with van der Waals surface area (Å²) in [6.45, 7) is 4.04. The Kier molecular flexibility index (Phi) is 2.45. The van der Waals surface area contributed by atoms with Crippen molar-refractivity contribution in [3.05, 3.63) is 0 Å². The summed E-state index contributed by atoms with van der Waals surface area (Å²) in [4.78, 5) is 9.99. The van der Waals surface area contributed by atoms with Crippen molar-refractivity contribution in [1.82, 2.24) is 0 Å². The SMILES string of the molecule is CC1(CBr)OOC1(C)CBr. The molecule has 2 unspecified atom stereocenters. The zero-order valence-electron chi connectivity index (χ0n) is 5.99. The molecule has 1 saturated heterocycles. The van der Waals surface area contributed by atoms with Gasteiger partial charge in [-0.1, -0.05) is 31.9 Å². The van der Waals surface area contributed by atoms with Crippen LogP contribution in [0.15, 0.2) is 0 Å². The smallest absolute Gasteiger partial charge is 0.143 e. The minimum atomic E-state index is -0.184. The Balaban J connectivity index is 2.64. The van der Waals surface area contributed by atoms with Gasteiger partial charge in [-0.15, -0.1) is 0 Å². The van der Waals surface area contributed by atoms with E-state index in [1.165, 1.54) is 0 Å². The van der Waals surface area contributed by atoms with E-state index in [1.807, 2.05) is 13.8 Å². The lowest BCUT2D eigenvalue weighted by Gasteiger charge is -2.51. The first-order chi connectivity index (χ1) is 4.58. The quantitative estimate of drug-likeness (QED) is 0.568. The van der Waals surface area contributed by atoms with Gasteiger partial charge < -0.3 is 0 Å². The molecule has 1 aliphatic heterocycles. The summed E-state index contributed by atoms with van der Waals surface area (Å²) < 4.78 is 0. The molecule has 0 radical (unpaired) electrons. The summed E-state index contributed by atoms with van der Waals surface area (Å²) in [6, 6.07) is 0. The minimum absolute atomic E-state index is 0.184. The van der Waals surface area contributed by atoms with Crippen LogP contribution in [0.2, 0.25) is 0 Å². The molecule has 1 fully saturated rings. The highest BCUT2D eigenvalue weighted by molar-refractivity contribution is 9.09. The third-order valence-electron chi connectivity index (χ3n) is 2.04. The van der Waals surface area contributed by atoms with E-state index in [2.05, 4.69) is 31.9 Å². The maximum Gasteiger partial charge on any atom is 0.143 e. The first-order valence-corrected chi connectivity index (χ1v) is 5.31. The molecule has 10 heavy (non-hydrogen) atoms. The highest BCUT2D eigenvalue weighted by Crippen LogP contribution is 2.42. The largest absolute Gasteiger partial charge is 0.226 e. The lowest BCUT2D eigenvalue weighted by atomic mass is 9.88. The van der Waals surface area contributed by atoms with Crippen molar-refractivity contribution in [1.29, 1.82) is 0 Å². The molecule has 0 aromatic rings. The fourth-order valence-electron chi connectivity index (χ4n) is 0.653. The fourth-order valence-corrected chi connectivity index (χ4v) is 2.03. The van der Waals surface area contributed by atoms with Gasteiger partial charge in [-0.3, -0.25) is 0 Å². The van der Waals surface area contributed by atoms with Crippen molar-refractivity contribution in [2.45, 2.75) is 25.0 Å². The van der Waals surface area contributed by atoms with E-state index in [4.69, 9.17) is 9.78 Å². The molecular weight excluding hydrogens is 264 g/mol. The summed E-state index contributed by atoms with van der Waals surface area (Å²) >= 11 is 6.75. The number of rotatable bonds is 2. The molecule has 2 nitrogen and oxygen atoms in total. The van der Waals surface area contributed by atoms with Crippen LogP contribution in [0.1, 0.15) is 13.8 Å². The van der Waals surface area contributed by atoms with E-state index in [0.717, 1.165) is 10.7 Å². The van der Waals surface area contributed by atoms with Crippen LogP contribution in [0.5, 0.6) is 0 Å².